The summed E-state index contributed by atoms with van der Waals surface area (Å²) in [4.78, 5) is 0. The van der Waals surface area contributed by atoms with E-state index in [0.717, 1.165) is 18.3 Å². The van der Waals surface area contributed by atoms with Gasteiger partial charge in [-0.2, -0.15) is 5.26 Å². The number of rotatable bonds is 9. The van der Waals surface area contributed by atoms with Gasteiger partial charge in [0.1, 0.15) is 0 Å². The Hall–Kier alpha value is -0.770. The molecule has 1 heteroatoms. The van der Waals surface area contributed by atoms with Gasteiger partial charge in [-0.3, -0.25) is 0 Å². The van der Waals surface area contributed by atoms with Crippen LogP contribution in [-0.2, 0) is 0 Å². The van der Waals surface area contributed by atoms with Crippen molar-refractivity contribution in [2.75, 3.05) is 0 Å². The van der Waals surface area contributed by atoms with Gasteiger partial charge in [0.05, 0.1) is 12.5 Å². The number of nitriles is 1. The lowest BCUT2D eigenvalue weighted by Gasteiger charge is -2.12. The van der Waals surface area contributed by atoms with Gasteiger partial charge in [0.2, 0.25) is 0 Å². The summed E-state index contributed by atoms with van der Waals surface area (Å²) in [5.74, 6) is 1.70. The van der Waals surface area contributed by atoms with E-state index in [9.17, 15) is 0 Å². The first-order chi connectivity index (χ1) is 8.06. The van der Waals surface area contributed by atoms with Gasteiger partial charge in [-0.05, 0) is 31.6 Å². The van der Waals surface area contributed by atoms with Crippen LogP contribution in [-0.4, -0.2) is 0 Å². The predicted molar refractivity (Wildman–Crippen MR) is 75.7 cm³/mol. The Kier molecular flexibility index (Phi) is 9.92. The zero-order valence-electron chi connectivity index (χ0n) is 12.1. The number of hydrogen-bond acceptors (Lipinski definition) is 1. The molecule has 0 aliphatic heterocycles. The largest absolute Gasteiger partial charge is 0.198 e. The van der Waals surface area contributed by atoms with Crippen LogP contribution in [0.2, 0.25) is 0 Å². The molecule has 0 aliphatic rings. The van der Waals surface area contributed by atoms with Gasteiger partial charge in [0, 0.05) is 0 Å². The maximum Gasteiger partial charge on any atom is 0.0663 e. The molecule has 0 aliphatic carbocycles. The summed E-state index contributed by atoms with van der Waals surface area (Å²) in [7, 11) is 0. The molecule has 0 aromatic rings. The first kappa shape index (κ1) is 16.2. The van der Waals surface area contributed by atoms with Crippen molar-refractivity contribution in [1.82, 2.24) is 0 Å². The Morgan fingerprint density at radius 1 is 1.12 bits per heavy atom. The highest BCUT2D eigenvalue weighted by molar-refractivity contribution is 5.01. The maximum absolute atomic E-state index is 8.48. The molecule has 0 fully saturated rings. The highest BCUT2D eigenvalue weighted by Crippen LogP contribution is 2.19. The predicted octanol–water partition coefficient (Wildman–Crippen LogP) is 5.48. The molecule has 1 atom stereocenters. The van der Waals surface area contributed by atoms with Crippen molar-refractivity contribution >= 4 is 0 Å². The molecule has 98 valence electrons. The van der Waals surface area contributed by atoms with Crippen molar-refractivity contribution in [3.8, 4) is 6.07 Å². The molecular weight excluding hydrogens is 206 g/mol. The maximum atomic E-state index is 8.48. The van der Waals surface area contributed by atoms with E-state index < -0.39 is 0 Å². The number of allylic oxidation sites excluding steroid dienone is 2. The molecule has 0 amide bonds. The molecule has 0 radical (unpaired) electrons. The molecule has 1 nitrogen and oxygen atoms in total. The first-order valence-electron chi connectivity index (χ1n) is 7.08. The monoisotopic (exact) mass is 235 g/mol. The summed E-state index contributed by atoms with van der Waals surface area (Å²) < 4.78 is 0. The van der Waals surface area contributed by atoms with E-state index in [1.807, 2.05) is 0 Å². The fraction of sp³-hybridized carbons (Fsp3) is 0.812. The average molecular weight is 235 g/mol. The van der Waals surface area contributed by atoms with Crippen molar-refractivity contribution in [2.24, 2.45) is 11.8 Å². The Morgan fingerprint density at radius 2 is 1.76 bits per heavy atom. The summed E-state index contributed by atoms with van der Waals surface area (Å²) in [6, 6.07) is 2.16. The molecule has 1 unspecified atom stereocenters. The zero-order chi connectivity index (χ0) is 13.1. The second-order valence-corrected chi connectivity index (χ2v) is 5.73. The summed E-state index contributed by atoms with van der Waals surface area (Å²) >= 11 is 0. The summed E-state index contributed by atoms with van der Waals surface area (Å²) in [5, 5.41) is 8.48. The van der Waals surface area contributed by atoms with Crippen LogP contribution in [0.15, 0.2) is 11.6 Å². The Morgan fingerprint density at radius 3 is 2.35 bits per heavy atom. The van der Waals surface area contributed by atoms with Gasteiger partial charge in [0.15, 0.2) is 0 Å². The zero-order valence-corrected chi connectivity index (χ0v) is 12.1. The van der Waals surface area contributed by atoms with Crippen LogP contribution in [0.5, 0.6) is 0 Å². The summed E-state index contributed by atoms with van der Waals surface area (Å²) in [6.45, 7) is 9.11. The van der Waals surface area contributed by atoms with E-state index in [2.05, 4.69) is 39.8 Å². The topological polar surface area (TPSA) is 23.8 Å². The fourth-order valence-electron chi connectivity index (χ4n) is 2.07. The van der Waals surface area contributed by atoms with Crippen molar-refractivity contribution in [3.63, 3.8) is 0 Å². The third-order valence-corrected chi connectivity index (χ3v) is 3.29. The molecule has 0 bridgehead atoms. The fourth-order valence-corrected chi connectivity index (χ4v) is 2.07. The van der Waals surface area contributed by atoms with Crippen LogP contribution in [0, 0.1) is 23.2 Å². The second kappa shape index (κ2) is 10.4. The van der Waals surface area contributed by atoms with Crippen LogP contribution >= 0.6 is 0 Å². The van der Waals surface area contributed by atoms with Gasteiger partial charge in [0.25, 0.3) is 0 Å². The minimum absolute atomic E-state index is 0.565. The molecule has 0 aromatic carbocycles. The van der Waals surface area contributed by atoms with Gasteiger partial charge >= 0.3 is 0 Å². The number of nitrogens with zero attached hydrogens (tertiary/aromatic N) is 1. The first-order valence-corrected chi connectivity index (χ1v) is 7.08. The Balaban J connectivity index is 3.51. The van der Waals surface area contributed by atoms with Gasteiger partial charge in [-0.1, -0.05) is 58.1 Å². The SMILES string of the molecule is CC(=CCC#N)CCCC(C)CCCC(C)C. The van der Waals surface area contributed by atoms with E-state index in [1.54, 1.807) is 0 Å². The van der Waals surface area contributed by atoms with Crippen LogP contribution in [0.4, 0.5) is 0 Å². The lowest BCUT2D eigenvalue weighted by molar-refractivity contribution is 0.427. The Labute approximate surface area is 108 Å². The highest BCUT2D eigenvalue weighted by atomic mass is 14.2. The molecule has 0 spiro atoms. The van der Waals surface area contributed by atoms with E-state index in [0.29, 0.717) is 6.42 Å². The van der Waals surface area contributed by atoms with Crippen LogP contribution in [0.3, 0.4) is 0 Å². The molecule has 0 rings (SSSR count). The van der Waals surface area contributed by atoms with E-state index in [1.165, 1.54) is 37.7 Å². The number of hydrogen-bond donors (Lipinski definition) is 0. The van der Waals surface area contributed by atoms with Gasteiger partial charge in [-0.15, -0.1) is 0 Å². The van der Waals surface area contributed by atoms with E-state index in [-0.39, 0.29) is 0 Å². The molecule has 17 heavy (non-hydrogen) atoms. The lowest BCUT2D eigenvalue weighted by Crippen LogP contribution is -1.97. The molecule has 0 saturated heterocycles. The van der Waals surface area contributed by atoms with Gasteiger partial charge < -0.3 is 0 Å². The smallest absolute Gasteiger partial charge is 0.0663 e. The summed E-state index contributed by atoms with van der Waals surface area (Å²) in [5.41, 5.74) is 1.38. The second-order valence-electron chi connectivity index (χ2n) is 5.73. The molecule has 0 saturated carbocycles. The van der Waals surface area contributed by atoms with Crippen molar-refractivity contribution in [1.29, 1.82) is 5.26 Å². The standard InChI is InChI=1S/C16H29N/c1-14(2)8-5-9-15(3)10-6-11-16(4)12-7-13-17/h12,14-15H,5-11H2,1-4H3. The van der Waals surface area contributed by atoms with Crippen LogP contribution in [0.1, 0.15) is 72.6 Å². The minimum atomic E-state index is 0.565. The van der Waals surface area contributed by atoms with E-state index >= 15 is 0 Å². The molecule has 0 aromatic heterocycles. The highest BCUT2D eigenvalue weighted by Gasteiger charge is 2.03. The normalized spacial score (nSPS) is 13.8. The van der Waals surface area contributed by atoms with Crippen molar-refractivity contribution < 1.29 is 0 Å². The van der Waals surface area contributed by atoms with E-state index in [4.69, 9.17) is 5.26 Å². The van der Waals surface area contributed by atoms with Gasteiger partial charge in [-0.25, -0.2) is 0 Å². The minimum Gasteiger partial charge on any atom is -0.198 e. The average Bonchev–Trinajstić information content (AvgIpc) is 2.25. The molecule has 0 heterocycles. The quantitative estimate of drug-likeness (QED) is 0.485. The molecule has 0 N–H and O–H groups in total. The van der Waals surface area contributed by atoms with Crippen molar-refractivity contribution in [2.45, 2.75) is 72.6 Å². The van der Waals surface area contributed by atoms with Crippen molar-refractivity contribution in [3.05, 3.63) is 11.6 Å². The third kappa shape index (κ3) is 11.5. The third-order valence-electron chi connectivity index (χ3n) is 3.29. The Bertz CT molecular complexity index is 245. The summed E-state index contributed by atoms with van der Waals surface area (Å²) in [6.07, 6.45) is 10.5. The van der Waals surface area contributed by atoms with Crippen LogP contribution < -0.4 is 0 Å². The molecular formula is C16H29N. The lowest BCUT2D eigenvalue weighted by atomic mass is 9.94. The van der Waals surface area contributed by atoms with Crippen LogP contribution in [0.25, 0.3) is 0 Å².